The first kappa shape index (κ1) is 24.4. The number of carbonyl (C=O) groups is 2. The van der Waals surface area contributed by atoms with E-state index in [9.17, 15) is 18.0 Å². The minimum Gasteiger partial charge on any atom is -0.337 e. The molecule has 2 rings (SSSR count). The summed E-state index contributed by atoms with van der Waals surface area (Å²) < 4.78 is 26.6. The molecule has 1 fully saturated rings. The fraction of sp³-hybridized carbons (Fsp3) is 0.556. The van der Waals surface area contributed by atoms with E-state index in [4.69, 9.17) is 0 Å². The average Bonchev–Trinajstić information content (AvgIpc) is 3.13. The van der Waals surface area contributed by atoms with E-state index < -0.39 is 10.0 Å². The maximum absolute atomic E-state index is 12.8. The predicted octanol–water partition coefficient (Wildman–Crippen LogP) is 1.29. The van der Waals surface area contributed by atoms with Crippen molar-refractivity contribution in [2.75, 3.05) is 38.5 Å². The van der Waals surface area contributed by atoms with Crippen molar-refractivity contribution in [1.82, 2.24) is 14.5 Å². The molecule has 1 heterocycles. The van der Waals surface area contributed by atoms with E-state index in [1.54, 1.807) is 4.90 Å². The fourth-order valence-electron chi connectivity index (χ4n) is 3.12. The van der Waals surface area contributed by atoms with Gasteiger partial charge >= 0.3 is 0 Å². The van der Waals surface area contributed by atoms with Gasteiger partial charge in [-0.2, -0.15) is 4.31 Å². The maximum atomic E-state index is 12.8. The van der Waals surface area contributed by atoms with Crippen LogP contribution in [-0.2, 0) is 19.6 Å². The van der Waals surface area contributed by atoms with Gasteiger partial charge in [-0.15, -0.1) is 12.4 Å². The van der Waals surface area contributed by atoms with Crippen molar-refractivity contribution in [3.8, 4) is 0 Å². The first-order chi connectivity index (χ1) is 12.8. The molecule has 1 saturated heterocycles. The largest absolute Gasteiger partial charge is 0.337 e. The highest BCUT2D eigenvalue weighted by Gasteiger charge is 2.29. The Hall–Kier alpha value is -1.68. The minimum atomic E-state index is -3.79. The van der Waals surface area contributed by atoms with Crippen molar-refractivity contribution in [1.29, 1.82) is 0 Å². The summed E-state index contributed by atoms with van der Waals surface area (Å²) >= 11 is 0. The van der Waals surface area contributed by atoms with Gasteiger partial charge in [0.05, 0.1) is 11.4 Å². The summed E-state index contributed by atoms with van der Waals surface area (Å²) in [5.74, 6) is -0.419. The van der Waals surface area contributed by atoms with E-state index in [1.807, 2.05) is 6.92 Å². The van der Waals surface area contributed by atoms with Gasteiger partial charge in [-0.3, -0.25) is 9.59 Å². The molecule has 0 radical (unpaired) electrons. The zero-order chi connectivity index (χ0) is 20.0. The van der Waals surface area contributed by atoms with Crippen LogP contribution in [0.2, 0.25) is 0 Å². The van der Waals surface area contributed by atoms with Crippen molar-refractivity contribution < 1.29 is 18.0 Å². The Morgan fingerprint density at radius 1 is 1.25 bits per heavy atom. The van der Waals surface area contributed by atoms with E-state index in [1.165, 1.54) is 38.2 Å². The van der Waals surface area contributed by atoms with Crippen LogP contribution >= 0.6 is 12.4 Å². The van der Waals surface area contributed by atoms with Crippen LogP contribution < -0.4 is 10.6 Å². The number of hydrogen-bond acceptors (Lipinski definition) is 5. The summed E-state index contributed by atoms with van der Waals surface area (Å²) in [6.45, 7) is 5.40. The Labute approximate surface area is 173 Å². The Morgan fingerprint density at radius 3 is 2.39 bits per heavy atom. The quantitative estimate of drug-likeness (QED) is 0.644. The topological polar surface area (TPSA) is 98.8 Å². The van der Waals surface area contributed by atoms with Gasteiger partial charge in [-0.1, -0.05) is 6.92 Å². The molecule has 1 aromatic rings. The Morgan fingerprint density at radius 2 is 1.89 bits per heavy atom. The number of nitrogens with zero attached hydrogens (tertiary/aromatic N) is 2. The third-order valence-electron chi connectivity index (χ3n) is 4.50. The number of carbonyl (C=O) groups excluding carboxylic acids is 2. The SMILES string of the molecule is CCCN(C(=O)CN(C)S(=O)(=O)c1ccc(NC(C)=O)cc1)C1CCNC1.Cl. The second kappa shape index (κ2) is 10.8. The molecule has 2 N–H and O–H groups in total. The molecule has 28 heavy (non-hydrogen) atoms. The summed E-state index contributed by atoms with van der Waals surface area (Å²) in [6.07, 6.45) is 1.70. The lowest BCUT2D eigenvalue weighted by Crippen LogP contribution is -2.47. The molecular weight excluding hydrogens is 404 g/mol. The summed E-state index contributed by atoms with van der Waals surface area (Å²) in [5.41, 5.74) is 0.517. The van der Waals surface area contributed by atoms with Gasteiger partial charge in [0.25, 0.3) is 0 Å². The van der Waals surface area contributed by atoms with Crippen molar-refractivity contribution in [2.45, 2.75) is 37.6 Å². The molecular formula is C18H29ClN4O4S. The van der Waals surface area contributed by atoms with Gasteiger partial charge in [0.15, 0.2) is 0 Å². The van der Waals surface area contributed by atoms with Gasteiger partial charge in [-0.05, 0) is 43.7 Å². The van der Waals surface area contributed by atoms with Crippen molar-refractivity contribution in [3.63, 3.8) is 0 Å². The Bertz CT molecular complexity index is 764. The highest BCUT2D eigenvalue weighted by atomic mass is 35.5. The second-order valence-electron chi connectivity index (χ2n) is 6.70. The Balaban J connectivity index is 0.00000392. The van der Waals surface area contributed by atoms with E-state index in [2.05, 4.69) is 10.6 Å². The molecule has 0 bridgehead atoms. The molecule has 0 saturated carbocycles. The number of likely N-dealkylation sites (N-methyl/N-ethyl adjacent to an activating group) is 1. The van der Waals surface area contributed by atoms with Crippen molar-refractivity contribution in [2.24, 2.45) is 0 Å². The van der Waals surface area contributed by atoms with Gasteiger partial charge in [-0.25, -0.2) is 8.42 Å². The lowest BCUT2D eigenvalue weighted by atomic mass is 10.2. The number of hydrogen-bond donors (Lipinski definition) is 2. The lowest BCUT2D eigenvalue weighted by molar-refractivity contribution is -0.133. The molecule has 10 heteroatoms. The zero-order valence-corrected chi connectivity index (χ0v) is 18.1. The highest BCUT2D eigenvalue weighted by molar-refractivity contribution is 7.89. The number of benzene rings is 1. The van der Waals surface area contributed by atoms with Crippen LogP contribution in [0.5, 0.6) is 0 Å². The highest BCUT2D eigenvalue weighted by Crippen LogP contribution is 2.18. The van der Waals surface area contributed by atoms with Crippen LogP contribution in [0.4, 0.5) is 5.69 Å². The first-order valence-corrected chi connectivity index (χ1v) is 10.5. The summed E-state index contributed by atoms with van der Waals surface area (Å²) in [4.78, 5) is 25.7. The van der Waals surface area contributed by atoms with E-state index in [0.29, 0.717) is 12.2 Å². The van der Waals surface area contributed by atoms with Crippen LogP contribution in [0.1, 0.15) is 26.7 Å². The fourth-order valence-corrected chi connectivity index (χ4v) is 4.24. The molecule has 0 aromatic heterocycles. The van der Waals surface area contributed by atoms with E-state index in [-0.39, 0.29) is 41.7 Å². The average molecular weight is 433 g/mol. The molecule has 0 spiro atoms. The van der Waals surface area contributed by atoms with Crippen molar-refractivity contribution >= 4 is 39.9 Å². The molecule has 1 atom stereocenters. The number of anilines is 1. The molecule has 1 aliphatic rings. The molecule has 2 amide bonds. The van der Waals surface area contributed by atoms with Crippen molar-refractivity contribution in [3.05, 3.63) is 24.3 Å². The van der Waals surface area contributed by atoms with E-state index >= 15 is 0 Å². The van der Waals surface area contributed by atoms with Crippen LogP contribution in [0.25, 0.3) is 0 Å². The summed E-state index contributed by atoms with van der Waals surface area (Å²) in [7, 11) is -2.39. The predicted molar refractivity (Wildman–Crippen MR) is 111 cm³/mol. The van der Waals surface area contributed by atoms with Gasteiger partial charge < -0.3 is 15.5 Å². The van der Waals surface area contributed by atoms with Gasteiger partial charge in [0.2, 0.25) is 21.8 Å². The second-order valence-corrected chi connectivity index (χ2v) is 8.75. The summed E-state index contributed by atoms with van der Waals surface area (Å²) in [5, 5.41) is 5.83. The standard InChI is InChI=1S/C18H28N4O4S.ClH/c1-4-11-22(16-9-10-19-12-16)18(24)13-21(3)27(25,26)17-7-5-15(6-8-17)20-14(2)23;/h5-8,16,19H,4,9-13H2,1-3H3,(H,20,23);1H. The molecule has 0 aliphatic carbocycles. The maximum Gasteiger partial charge on any atom is 0.243 e. The monoisotopic (exact) mass is 432 g/mol. The lowest BCUT2D eigenvalue weighted by Gasteiger charge is -2.30. The van der Waals surface area contributed by atoms with Crippen LogP contribution in [0.15, 0.2) is 29.2 Å². The summed E-state index contributed by atoms with van der Waals surface area (Å²) in [6, 6.07) is 6.01. The van der Waals surface area contributed by atoms with Crippen LogP contribution in [-0.4, -0.2) is 68.7 Å². The number of halogens is 1. The molecule has 1 unspecified atom stereocenters. The number of rotatable bonds is 8. The minimum absolute atomic E-state index is 0. The van der Waals surface area contributed by atoms with Crippen LogP contribution in [0, 0.1) is 0 Å². The first-order valence-electron chi connectivity index (χ1n) is 9.10. The Kier molecular flexibility index (Phi) is 9.35. The van der Waals surface area contributed by atoms with E-state index in [0.717, 1.165) is 30.2 Å². The normalized spacial score (nSPS) is 16.5. The number of sulfonamides is 1. The molecule has 1 aliphatic heterocycles. The third kappa shape index (κ3) is 6.16. The van der Waals surface area contributed by atoms with Gasteiger partial charge in [0.1, 0.15) is 0 Å². The number of nitrogens with one attached hydrogen (secondary N) is 2. The molecule has 1 aromatic carbocycles. The van der Waals surface area contributed by atoms with Crippen LogP contribution in [0.3, 0.4) is 0 Å². The molecule has 8 nitrogen and oxygen atoms in total. The smallest absolute Gasteiger partial charge is 0.243 e. The zero-order valence-electron chi connectivity index (χ0n) is 16.5. The molecule has 158 valence electrons. The third-order valence-corrected chi connectivity index (χ3v) is 6.32. The van der Waals surface area contributed by atoms with Gasteiger partial charge in [0, 0.05) is 38.8 Å². The number of amides is 2.